The van der Waals surface area contributed by atoms with Gasteiger partial charge in [0.25, 0.3) is 0 Å². The van der Waals surface area contributed by atoms with Gasteiger partial charge in [0.1, 0.15) is 29.6 Å². The molecular weight excluding hydrogens is 454 g/mol. The maximum atomic E-state index is 12.2. The molecule has 1 aliphatic heterocycles. The number of carboxylic acid groups (broad SMARTS) is 1. The number of carbonyl (C=O) groups excluding carboxylic acids is 2. The zero-order valence-corrected chi connectivity index (χ0v) is 21.6. The molecule has 1 aromatic carbocycles. The van der Waals surface area contributed by atoms with Crippen LogP contribution >= 0.6 is 0 Å². The van der Waals surface area contributed by atoms with E-state index in [1.807, 2.05) is 41.5 Å². The maximum Gasteiger partial charge on any atom is 0.410 e. The molecular formula is C25H39N3O7. The van der Waals surface area contributed by atoms with E-state index >= 15 is 0 Å². The quantitative estimate of drug-likeness (QED) is 0.567. The molecule has 1 saturated heterocycles. The molecule has 10 nitrogen and oxygen atoms in total. The number of hydrogen-bond donors (Lipinski definition) is 2. The minimum Gasteiger partial charge on any atom is -0.488 e. The molecule has 0 saturated carbocycles. The van der Waals surface area contributed by atoms with E-state index in [1.54, 1.807) is 29.2 Å². The Morgan fingerprint density at radius 2 is 1.57 bits per heavy atom. The van der Waals surface area contributed by atoms with E-state index in [-0.39, 0.29) is 24.7 Å². The highest BCUT2D eigenvalue weighted by Crippen LogP contribution is 2.19. The summed E-state index contributed by atoms with van der Waals surface area (Å²) in [7, 11) is 0. The van der Waals surface area contributed by atoms with Crippen LogP contribution in [0, 0.1) is 0 Å². The highest BCUT2D eigenvalue weighted by molar-refractivity contribution is 5.80. The molecule has 0 aliphatic carbocycles. The molecule has 35 heavy (non-hydrogen) atoms. The predicted octanol–water partition coefficient (Wildman–Crippen LogP) is 3.14. The van der Waals surface area contributed by atoms with Gasteiger partial charge >= 0.3 is 18.2 Å². The lowest BCUT2D eigenvalue weighted by molar-refractivity contribution is -0.139. The summed E-state index contributed by atoms with van der Waals surface area (Å²) in [5.41, 5.74) is -0.114. The van der Waals surface area contributed by atoms with Crippen LogP contribution in [0.25, 0.3) is 0 Å². The Labute approximate surface area is 207 Å². The third-order valence-electron chi connectivity index (χ3n) is 5.04. The number of benzene rings is 1. The molecule has 1 aromatic rings. The second-order valence-corrected chi connectivity index (χ2v) is 10.5. The molecule has 1 atom stereocenters. The normalized spacial score (nSPS) is 15.8. The summed E-state index contributed by atoms with van der Waals surface area (Å²) in [6, 6.07) is 6.00. The second-order valence-electron chi connectivity index (χ2n) is 10.5. The first-order valence-corrected chi connectivity index (χ1v) is 11.9. The first-order chi connectivity index (χ1) is 16.2. The topological polar surface area (TPSA) is 118 Å². The van der Waals surface area contributed by atoms with Crippen molar-refractivity contribution in [3.05, 3.63) is 29.8 Å². The van der Waals surface area contributed by atoms with E-state index in [1.165, 1.54) is 0 Å². The standard InChI is InChI=1S/C25H39N3O7/c1-24(2,3)34-19-9-7-18(8-10-19)17-20(21(29)30)26-22(31)33-16-15-27-11-13-28(14-12-27)23(32)35-25(4,5)6/h7-10,20H,11-17H2,1-6H3,(H,26,31)(H,29,30)/t20-/m0/s1. The molecule has 1 fully saturated rings. The van der Waals surface area contributed by atoms with E-state index in [0.29, 0.717) is 38.5 Å². The SMILES string of the molecule is CC(C)(C)OC(=O)N1CCN(CCOC(=O)N[C@@H](Cc2ccc(OC(C)(C)C)cc2)C(=O)O)CC1. The second kappa shape index (κ2) is 12.1. The number of carboxylic acids is 1. The molecule has 196 valence electrons. The van der Waals surface area contributed by atoms with Crippen molar-refractivity contribution < 1.29 is 33.7 Å². The molecule has 0 aromatic heterocycles. The average molecular weight is 494 g/mol. The summed E-state index contributed by atoms with van der Waals surface area (Å²) in [6.45, 7) is 14.3. The van der Waals surface area contributed by atoms with Gasteiger partial charge in [-0.2, -0.15) is 0 Å². The number of ether oxygens (including phenoxy) is 3. The molecule has 0 bridgehead atoms. The number of hydrogen-bond acceptors (Lipinski definition) is 7. The van der Waals surface area contributed by atoms with Crippen molar-refractivity contribution in [1.82, 2.24) is 15.1 Å². The maximum absolute atomic E-state index is 12.2. The Balaban J connectivity index is 1.73. The van der Waals surface area contributed by atoms with Crippen LogP contribution < -0.4 is 10.1 Å². The van der Waals surface area contributed by atoms with Crippen LogP contribution in [0.5, 0.6) is 5.75 Å². The zero-order valence-electron chi connectivity index (χ0n) is 21.6. The molecule has 10 heteroatoms. The first kappa shape index (κ1) is 28.2. The molecule has 2 N–H and O–H groups in total. The van der Waals surface area contributed by atoms with Gasteiger partial charge in [0.05, 0.1) is 0 Å². The summed E-state index contributed by atoms with van der Waals surface area (Å²) in [6.07, 6.45) is -0.992. The highest BCUT2D eigenvalue weighted by atomic mass is 16.6. The molecule has 0 radical (unpaired) electrons. The van der Waals surface area contributed by atoms with Crippen molar-refractivity contribution in [3.8, 4) is 5.75 Å². The van der Waals surface area contributed by atoms with E-state index in [9.17, 15) is 19.5 Å². The van der Waals surface area contributed by atoms with E-state index < -0.39 is 23.7 Å². The summed E-state index contributed by atoms with van der Waals surface area (Å²) in [5, 5.41) is 11.9. The predicted molar refractivity (Wildman–Crippen MR) is 131 cm³/mol. The number of nitrogens with zero attached hydrogens (tertiary/aromatic N) is 2. The lowest BCUT2D eigenvalue weighted by atomic mass is 10.1. The summed E-state index contributed by atoms with van der Waals surface area (Å²) < 4.78 is 16.4. The number of nitrogens with one attached hydrogen (secondary N) is 1. The van der Waals surface area contributed by atoms with Crippen LogP contribution in [0.3, 0.4) is 0 Å². The Kier molecular flexibility index (Phi) is 9.76. The van der Waals surface area contributed by atoms with E-state index in [4.69, 9.17) is 14.2 Å². The number of rotatable bonds is 8. The van der Waals surface area contributed by atoms with Gasteiger partial charge in [0.15, 0.2) is 0 Å². The van der Waals surface area contributed by atoms with Gasteiger partial charge in [0.2, 0.25) is 0 Å². The average Bonchev–Trinajstić information content (AvgIpc) is 2.72. The Hall–Kier alpha value is -3.01. The monoisotopic (exact) mass is 493 g/mol. The fraction of sp³-hybridized carbons (Fsp3) is 0.640. The minimum absolute atomic E-state index is 0.115. The van der Waals surface area contributed by atoms with Crippen molar-refractivity contribution >= 4 is 18.2 Å². The molecule has 1 aliphatic rings. The first-order valence-electron chi connectivity index (χ1n) is 11.9. The van der Waals surface area contributed by atoms with Crippen molar-refractivity contribution in [2.45, 2.75) is 65.2 Å². The molecule has 1 heterocycles. The Bertz CT molecular complexity index is 851. The number of amides is 2. The van der Waals surface area contributed by atoms with Crippen LogP contribution in [0.1, 0.15) is 47.1 Å². The highest BCUT2D eigenvalue weighted by Gasteiger charge is 2.26. The van der Waals surface area contributed by atoms with Gasteiger partial charge in [-0.3, -0.25) is 4.90 Å². The number of aliphatic carboxylic acids is 1. The summed E-state index contributed by atoms with van der Waals surface area (Å²) in [5.74, 6) is -0.456. The lowest BCUT2D eigenvalue weighted by Crippen LogP contribution is -2.50. The van der Waals surface area contributed by atoms with Crippen LogP contribution in [-0.4, -0.2) is 89.6 Å². The number of alkyl carbamates (subject to hydrolysis) is 1. The largest absolute Gasteiger partial charge is 0.488 e. The Morgan fingerprint density at radius 3 is 2.09 bits per heavy atom. The molecule has 2 amide bonds. The van der Waals surface area contributed by atoms with Crippen LogP contribution in [-0.2, 0) is 20.7 Å². The van der Waals surface area contributed by atoms with Gasteiger partial charge in [-0.15, -0.1) is 0 Å². The fourth-order valence-corrected chi connectivity index (χ4v) is 3.41. The summed E-state index contributed by atoms with van der Waals surface area (Å²) in [4.78, 5) is 39.7. The fourth-order valence-electron chi connectivity index (χ4n) is 3.41. The lowest BCUT2D eigenvalue weighted by Gasteiger charge is -2.35. The van der Waals surface area contributed by atoms with Crippen LogP contribution in [0.15, 0.2) is 24.3 Å². The van der Waals surface area contributed by atoms with Gasteiger partial charge in [0, 0.05) is 39.1 Å². The van der Waals surface area contributed by atoms with Gasteiger partial charge in [-0.05, 0) is 59.2 Å². The van der Waals surface area contributed by atoms with E-state index in [0.717, 1.165) is 5.56 Å². The van der Waals surface area contributed by atoms with E-state index in [2.05, 4.69) is 10.2 Å². The number of piperazine rings is 1. The summed E-state index contributed by atoms with van der Waals surface area (Å²) >= 11 is 0. The Morgan fingerprint density at radius 1 is 0.971 bits per heavy atom. The van der Waals surface area contributed by atoms with Crippen molar-refractivity contribution in [3.63, 3.8) is 0 Å². The molecule has 0 spiro atoms. The molecule has 2 rings (SSSR count). The van der Waals surface area contributed by atoms with Gasteiger partial charge < -0.3 is 29.5 Å². The third-order valence-corrected chi connectivity index (χ3v) is 5.04. The van der Waals surface area contributed by atoms with Crippen molar-refractivity contribution in [1.29, 1.82) is 0 Å². The smallest absolute Gasteiger partial charge is 0.410 e. The number of carbonyl (C=O) groups is 3. The van der Waals surface area contributed by atoms with Crippen molar-refractivity contribution in [2.24, 2.45) is 0 Å². The third kappa shape index (κ3) is 10.9. The zero-order chi connectivity index (χ0) is 26.2. The molecule has 0 unspecified atom stereocenters. The van der Waals surface area contributed by atoms with Crippen molar-refractivity contribution in [2.75, 3.05) is 39.3 Å². The minimum atomic E-state index is -1.14. The van der Waals surface area contributed by atoms with Crippen LogP contribution in [0.2, 0.25) is 0 Å². The van der Waals surface area contributed by atoms with Crippen LogP contribution in [0.4, 0.5) is 9.59 Å². The van der Waals surface area contributed by atoms with Gasteiger partial charge in [-0.25, -0.2) is 14.4 Å². The van der Waals surface area contributed by atoms with Gasteiger partial charge in [-0.1, -0.05) is 12.1 Å².